The van der Waals surface area contributed by atoms with Gasteiger partial charge >= 0.3 is 0 Å². The average Bonchev–Trinajstić information content (AvgIpc) is 2.35. The first-order valence-corrected chi connectivity index (χ1v) is 8.14. The molecule has 2 nitrogen and oxygen atoms in total. The zero-order chi connectivity index (χ0) is 13.6. The molecule has 3 heteroatoms. The van der Waals surface area contributed by atoms with E-state index < -0.39 is 7.37 Å². The lowest BCUT2D eigenvalue weighted by atomic mass is 9.83. The summed E-state index contributed by atoms with van der Waals surface area (Å²) in [6.07, 6.45) is 0. The highest BCUT2D eigenvalue weighted by molar-refractivity contribution is 7.64. The van der Waals surface area contributed by atoms with Crippen molar-refractivity contribution >= 4 is 7.37 Å². The largest absolute Gasteiger partial charge is 0.323 e. The quantitative estimate of drug-likeness (QED) is 0.742. The van der Waals surface area contributed by atoms with Crippen LogP contribution in [0.5, 0.6) is 0 Å². The monoisotopic (exact) mass is 266 g/mol. The van der Waals surface area contributed by atoms with Gasteiger partial charge in [0.05, 0.1) is 6.61 Å². The van der Waals surface area contributed by atoms with E-state index in [1.165, 1.54) is 0 Å². The van der Waals surface area contributed by atoms with E-state index in [0.717, 1.165) is 5.56 Å². The Morgan fingerprint density at radius 1 is 1.11 bits per heavy atom. The van der Waals surface area contributed by atoms with Gasteiger partial charge in [0.2, 0.25) is 7.37 Å². The van der Waals surface area contributed by atoms with Crippen molar-refractivity contribution < 1.29 is 9.09 Å². The van der Waals surface area contributed by atoms with E-state index in [9.17, 15) is 4.57 Å². The molecule has 0 N–H and O–H groups in total. The summed E-state index contributed by atoms with van der Waals surface area (Å²) in [6, 6.07) is 9.96. The van der Waals surface area contributed by atoms with Gasteiger partial charge in [-0.2, -0.15) is 0 Å². The predicted molar refractivity (Wildman–Crippen MR) is 76.2 cm³/mol. The molecule has 0 bridgehead atoms. The van der Waals surface area contributed by atoms with Gasteiger partial charge in [-0.1, -0.05) is 65.0 Å². The summed E-state index contributed by atoms with van der Waals surface area (Å²) in [4.78, 5) is 0. The molecular formula is C15H23O2P. The maximum atomic E-state index is 13.1. The lowest BCUT2D eigenvalue weighted by Crippen LogP contribution is -2.57. The molecule has 1 aromatic carbocycles. The minimum absolute atomic E-state index is 0.217. The van der Waals surface area contributed by atoms with Gasteiger partial charge < -0.3 is 4.52 Å². The first-order valence-electron chi connectivity index (χ1n) is 6.52. The first kappa shape index (κ1) is 13.8. The van der Waals surface area contributed by atoms with Crippen molar-refractivity contribution in [3.05, 3.63) is 35.9 Å². The molecule has 1 fully saturated rings. The Bertz CT molecular complexity index is 457. The molecule has 100 valence electrons. The van der Waals surface area contributed by atoms with Crippen molar-refractivity contribution in [1.82, 2.24) is 0 Å². The SMILES string of the molecule is CC1C(C)(C)P(=O)(OCc2ccccc2)C1(C)C. The van der Waals surface area contributed by atoms with Gasteiger partial charge in [-0.25, -0.2) is 0 Å². The highest BCUT2D eigenvalue weighted by atomic mass is 31.2. The number of hydrogen-bond acceptors (Lipinski definition) is 2. The maximum absolute atomic E-state index is 13.1. The van der Waals surface area contributed by atoms with Crippen molar-refractivity contribution in [2.45, 2.75) is 51.5 Å². The van der Waals surface area contributed by atoms with Crippen LogP contribution in [0.3, 0.4) is 0 Å². The van der Waals surface area contributed by atoms with Crippen LogP contribution in [0.25, 0.3) is 0 Å². The Labute approximate surface area is 110 Å². The van der Waals surface area contributed by atoms with Crippen LogP contribution in [0.4, 0.5) is 0 Å². The topological polar surface area (TPSA) is 26.3 Å². The predicted octanol–water partition coefficient (Wildman–Crippen LogP) is 4.69. The molecule has 0 spiro atoms. The lowest BCUT2D eigenvalue weighted by Gasteiger charge is -2.61. The van der Waals surface area contributed by atoms with E-state index in [-0.39, 0.29) is 10.3 Å². The molecule has 0 aromatic heterocycles. The van der Waals surface area contributed by atoms with Crippen molar-refractivity contribution in [3.63, 3.8) is 0 Å². The van der Waals surface area contributed by atoms with Crippen molar-refractivity contribution in [3.8, 4) is 0 Å². The van der Waals surface area contributed by atoms with Crippen LogP contribution in [0, 0.1) is 5.92 Å². The molecule has 1 heterocycles. The lowest BCUT2D eigenvalue weighted by molar-refractivity contribution is 0.174. The van der Waals surface area contributed by atoms with E-state index in [1.54, 1.807) is 0 Å². The molecule has 1 aromatic rings. The Morgan fingerprint density at radius 3 is 2.11 bits per heavy atom. The summed E-state index contributed by atoms with van der Waals surface area (Å²) in [7, 11) is -2.62. The van der Waals surface area contributed by atoms with E-state index in [0.29, 0.717) is 12.5 Å². The van der Waals surface area contributed by atoms with Crippen LogP contribution in [0.2, 0.25) is 0 Å². The molecule has 0 radical (unpaired) electrons. The molecule has 0 unspecified atom stereocenters. The molecule has 0 amide bonds. The van der Waals surface area contributed by atoms with Gasteiger partial charge in [-0.3, -0.25) is 4.57 Å². The van der Waals surface area contributed by atoms with Crippen molar-refractivity contribution in [2.75, 3.05) is 0 Å². The zero-order valence-corrected chi connectivity index (χ0v) is 12.8. The fraction of sp³-hybridized carbons (Fsp3) is 0.600. The second kappa shape index (κ2) is 4.21. The summed E-state index contributed by atoms with van der Waals surface area (Å²) in [5.41, 5.74) is 1.08. The minimum atomic E-state index is -2.62. The highest BCUT2D eigenvalue weighted by Crippen LogP contribution is 2.82. The molecule has 1 saturated heterocycles. The third kappa shape index (κ3) is 1.70. The minimum Gasteiger partial charge on any atom is -0.323 e. The number of hydrogen-bond donors (Lipinski definition) is 0. The Kier molecular flexibility index (Phi) is 3.24. The normalized spacial score (nSPS) is 32.8. The van der Waals surface area contributed by atoms with Crippen LogP contribution in [0.1, 0.15) is 40.2 Å². The van der Waals surface area contributed by atoms with Gasteiger partial charge in [0.1, 0.15) is 0 Å². The van der Waals surface area contributed by atoms with Crippen LogP contribution in [0.15, 0.2) is 30.3 Å². The summed E-state index contributed by atoms with van der Waals surface area (Å²) in [5.74, 6) is 0.409. The van der Waals surface area contributed by atoms with Crippen LogP contribution >= 0.6 is 7.37 Å². The average molecular weight is 266 g/mol. The zero-order valence-electron chi connectivity index (χ0n) is 11.9. The third-order valence-electron chi connectivity index (χ3n) is 4.89. The molecule has 1 aliphatic heterocycles. The van der Waals surface area contributed by atoms with Crippen LogP contribution < -0.4 is 0 Å². The summed E-state index contributed by atoms with van der Waals surface area (Å²) >= 11 is 0. The van der Waals surface area contributed by atoms with Gasteiger partial charge in [-0.15, -0.1) is 0 Å². The molecule has 0 atom stereocenters. The van der Waals surface area contributed by atoms with Crippen LogP contribution in [-0.2, 0) is 15.7 Å². The molecule has 0 aliphatic carbocycles. The molecule has 18 heavy (non-hydrogen) atoms. The van der Waals surface area contributed by atoms with E-state index >= 15 is 0 Å². The number of rotatable bonds is 3. The molecule has 0 saturated carbocycles. The Hall–Kier alpha value is -0.590. The van der Waals surface area contributed by atoms with E-state index in [2.05, 4.69) is 34.6 Å². The summed E-state index contributed by atoms with van der Waals surface area (Å²) in [5, 5.41) is -0.434. The summed E-state index contributed by atoms with van der Waals surface area (Å²) in [6.45, 7) is 10.9. The van der Waals surface area contributed by atoms with Gasteiger partial charge in [0.15, 0.2) is 0 Å². The smallest absolute Gasteiger partial charge is 0.214 e. The standard InChI is InChI=1S/C15H23O2P/c1-12-14(2,3)18(16,15(12,4)5)17-11-13-9-7-6-8-10-13/h6-10,12H,11H2,1-5H3. The number of benzene rings is 1. The second-order valence-electron chi connectivity index (χ2n) is 6.34. The molecular weight excluding hydrogens is 243 g/mol. The second-order valence-corrected chi connectivity index (χ2v) is 10.0. The third-order valence-corrected chi connectivity index (χ3v) is 9.19. The first-order chi connectivity index (χ1) is 8.23. The Morgan fingerprint density at radius 2 is 1.61 bits per heavy atom. The fourth-order valence-corrected chi connectivity index (χ4v) is 7.07. The van der Waals surface area contributed by atoms with Crippen LogP contribution in [-0.4, -0.2) is 10.3 Å². The van der Waals surface area contributed by atoms with Gasteiger partial charge in [0, 0.05) is 10.3 Å². The molecule has 1 aliphatic rings. The fourth-order valence-electron chi connectivity index (χ4n) is 3.12. The highest BCUT2D eigenvalue weighted by Gasteiger charge is 2.69. The van der Waals surface area contributed by atoms with Gasteiger partial charge in [0.25, 0.3) is 0 Å². The van der Waals surface area contributed by atoms with E-state index in [1.807, 2.05) is 30.3 Å². The van der Waals surface area contributed by atoms with Crippen molar-refractivity contribution in [1.29, 1.82) is 0 Å². The van der Waals surface area contributed by atoms with Crippen molar-refractivity contribution in [2.24, 2.45) is 5.92 Å². The maximum Gasteiger partial charge on any atom is 0.214 e. The Balaban J connectivity index is 2.16. The van der Waals surface area contributed by atoms with E-state index in [4.69, 9.17) is 4.52 Å². The molecule has 2 rings (SSSR count). The van der Waals surface area contributed by atoms with Gasteiger partial charge in [-0.05, 0) is 11.5 Å². The summed E-state index contributed by atoms with van der Waals surface area (Å²) < 4.78 is 19.0.